The number of amides is 2. The van der Waals surface area contributed by atoms with Crippen LogP contribution in [0.1, 0.15) is 6.42 Å². The first-order valence-electron chi connectivity index (χ1n) is 6.25. The van der Waals surface area contributed by atoms with Crippen LogP contribution in [-0.2, 0) is 4.74 Å². The molecule has 0 aliphatic carbocycles. The summed E-state index contributed by atoms with van der Waals surface area (Å²) < 4.78 is 44.9. The second-order valence-corrected chi connectivity index (χ2v) is 4.10. The maximum Gasteiger partial charge on any atom is 0.411 e. The molecule has 118 valence electrons. The number of ether oxygens (including phenoxy) is 2. The lowest BCUT2D eigenvalue weighted by atomic mass is 10.3. The molecule has 2 N–H and O–H groups in total. The van der Waals surface area contributed by atoms with Crippen LogP contribution in [-0.4, -0.2) is 39.1 Å². The van der Waals surface area contributed by atoms with E-state index in [0.717, 1.165) is 0 Å². The molecule has 0 aliphatic rings. The highest BCUT2D eigenvalue weighted by atomic mass is 19.4. The second kappa shape index (κ2) is 8.35. The molecule has 0 unspecified atom stereocenters. The van der Waals surface area contributed by atoms with Crippen molar-refractivity contribution in [1.82, 2.24) is 5.32 Å². The minimum Gasteiger partial charge on any atom is -0.495 e. The lowest BCUT2D eigenvalue weighted by molar-refractivity contribution is -0.173. The molecule has 1 aromatic carbocycles. The lowest BCUT2D eigenvalue weighted by Crippen LogP contribution is -2.30. The fourth-order valence-corrected chi connectivity index (χ4v) is 1.48. The smallest absolute Gasteiger partial charge is 0.411 e. The Bertz CT molecular complexity index is 453. The predicted octanol–water partition coefficient (Wildman–Crippen LogP) is 2.79. The number of methoxy groups -OCH3 is 1. The number of alkyl halides is 3. The van der Waals surface area contributed by atoms with Gasteiger partial charge in [0, 0.05) is 13.2 Å². The van der Waals surface area contributed by atoms with E-state index in [4.69, 9.17) is 4.74 Å². The molecule has 0 saturated carbocycles. The van der Waals surface area contributed by atoms with E-state index in [1.807, 2.05) is 0 Å². The van der Waals surface area contributed by atoms with Gasteiger partial charge in [-0.1, -0.05) is 12.1 Å². The van der Waals surface area contributed by atoms with E-state index in [9.17, 15) is 18.0 Å². The summed E-state index contributed by atoms with van der Waals surface area (Å²) in [6, 6.07) is 6.41. The normalized spacial score (nSPS) is 11.0. The van der Waals surface area contributed by atoms with Crippen molar-refractivity contribution in [2.75, 3.05) is 32.2 Å². The number of halogens is 3. The Kier molecular flexibility index (Phi) is 6.80. The minimum atomic E-state index is -4.32. The van der Waals surface area contributed by atoms with Gasteiger partial charge in [-0.05, 0) is 18.6 Å². The standard InChI is InChI=1S/C13H17F3N2O3/c1-20-11-6-3-2-5-10(11)18-12(19)17-7-4-8-21-9-13(14,15)16/h2-3,5-6H,4,7-9H2,1H3,(H2,17,18,19). The fourth-order valence-electron chi connectivity index (χ4n) is 1.48. The Morgan fingerprint density at radius 1 is 1.29 bits per heavy atom. The summed E-state index contributed by atoms with van der Waals surface area (Å²) in [4.78, 5) is 11.6. The van der Waals surface area contributed by atoms with Gasteiger partial charge in [-0.3, -0.25) is 0 Å². The Morgan fingerprint density at radius 3 is 2.67 bits per heavy atom. The van der Waals surface area contributed by atoms with E-state index in [2.05, 4.69) is 15.4 Å². The minimum absolute atomic E-state index is 0.0750. The van der Waals surface area contributed by atoms with Crippen LogP contribution in [0.3, 0.4) is 0 Å². The average molecular weight is 306 g/mol. The number of nitrogens with one attached hydrogen (secondary N) is 2. The molecule has 0 atom stereocenters. The molecule has 5 nitrogen and oxygen atoms in total. The maximum absolute atomic E-state index is 11.8. The SMILES string of the molecule is COc1ccccc1NC(=O)NCCCOCC(F)(F)F. The van der Waals surface area contributed by atoms with Crippen LogP contribution in [0.5, 0.6) is 5.75 Å². The molecule has 0 saturated heterocycles. The summed E-state index contributed by atoms with van der Waals surface area (Å²) in [5, 5.41) is 5.09. The summed E-state index contributed by atoms with van der Waals surface area (Å²) in [6.07, 6.45) is -4.04. The van der Waals surface area contributed by atoms with Gasteiger partial charge in [0.2, 0.25) is 0 Å². The number of hydrogen-bond acceptors (Lipinski definition) is 3. The van der Waals surface area contributed by atoms with Crippen LogP contribution in [0.25, 0.3) is 0 Å². The predicted molar refractivity (Wildman–Crippen MR) is 71.5 cm³/mol. The number of rotatable bonds is 7. The van der Waals surface area contributed by atoms with Gasteiger partial charge in [-0.15, -0.1) is 0 Å². The largest absolute Gasteiger partial charge is 0.495 e. The number of hydrogen-bond donors (Lipinski definition) is 2. The van der Waals surface area contributed by atoms with Crippen molar-refractivity contribution in [1.29, 1.82) is 0 Å². The van der Waals surface area contributed by atoms with Crippen molar-refractivity contribution in [3.8, 4) is 5.75 Å². The summed E-state index contributed by atoms with van der Waals surface area (Å²) in [5.74, 6) is 0.515. The molecule has 0 heterocycles. The monoisotopic (exact) mass is 306 g/mol. The molecule has 1 aromatic rings. The first-order chi connectivity index (χ1) is 9.92. The third kappa shape index (κ3) is 7.40. The first-order valence-corrected chi connectivity index (χ1v) is 6.25. The molecule has 0 fully saturated rings. The summed E-state index contributed by atoms with van der Waals surface area (Å²) in [7, 11) is 1.48. The molecular weight excluding hydrogens is 289 g/mol. The van der Waals surface area contributed by atoms with Crippen molar-refractivity contribution in [3.05, 3.63) is 24.3 Å². The Hall–Kier alpha value is -1.96. The topological polar surface area (TPSA) is 59.6 Å². The zero-order valence-corrected chi connectivity index (χ0v) is 11.5. The third-order valence-electron chi connectivity index (χ3n) is 2.37. The first kappa shape index (κ1) is 17.1. The van der Waals surface area contributed by atoms with Crippen LogP contribution in [0, 0.1) is 0 Å². The van der Waals surface area contributed by atoms with Crippen molar-refractivity contribution in [3.63, 3.8) is 0 Å². The summed E-state index contributed by atoms with van der Waals surface area (Å²) in [5.41, 5.74) is 0.505. The van der Waals surface area contributed by atoms with Crippen molar-refractivity contribution >= 4 is 11.7 Å². The molecule has 0 radical (unpaired) electrons. The average Bonchev–Trinajstić information content (AvgIpc) is 2.42. The molecule has 0 aliphatic heterocycles. The van der Waals surface area contributed by atoms with Gasteiger partial charge in [0.15, 0.2) is 0 Å². The summed E-state index contributed by atoms with van der Waals surface area (Å²) in [6.45, 7) is -1.15. The van der Waals surface area contributed by atoms with E-state index in [-0.39, 0.29) is 19.6 Å². The van der Waals surface area contributed by atoms with E-state index in [0.29, 0.717) is 11.4 Å². The molecule has 0 spiro atoms. The Labute approximate surface area is 120 Å². The van der Waals surface area contributed by atoms with E-state index < -0.39 is 18.8 Å². The number of benzene rings is 1. The van der Waals surface area contributed by atoms with E-state index in [1.54, 1.807) is 24.3 Å². The van der Waals surface area contributed by atoms with Crippen LogP contribution in [0.15, 0.2) is 24.3 Å². The number of carbonyl (C=O) groups excluding carboxylic acids is 1. The molecule has 1 rings (SSSR count). The van der Waals surface area contributed by atoms with Gasteiger partial charge >= 0.3 is 12.2 Å². The Morgan fingerprint density at radius 2 is 2.00 bits per heavy atom. The van der Waals surface area contributed by atoms with Crippen LogP contribution in [0.2, 0.25) is 0 Å². The quantitative estimate of drug-likeness (QED) is 0.762. The molecule has 0 aromatic heterocycles. The number of carbonyl (C=O) groups is 1. The van der Waals surface area contributed by atoms with Gasteiger partial charge in [-0.2, -0.15) is 13.2 Å². The number of anilines is 1. The maximum atomic E-state index is 11.8. The van der Waals surface area contributed by atoms with Crippen molar-refractivity contribution in [2.45, 2.75) is 12.6 Å². The van der Waals surface area contributed by atoms with Crippen LogP contribution >= 0.6 is 0 Å². The third-order valence-corrected chi connectivity index (χ3v) is 2.37. The zero-order chi connectivity index (χ0) is 15.7. The van der Waals surface area contributed by atoms with Crippen LogP contribution in [0.4, 0.5) is 23.7 Å². The van der Waals surface area contributed by atoms with Crippen molar-refractivity contribution in [2.24, 2.45) is 0 Å². The highest BCUT2D eigenvalue weighted by Gasteiger charge is 2.27. The van der Waals surface area contributed by atoms with Gasteiger partial charge in [0.1, 0.15) is 12.4 Å². The zero-order valence-electron chi connectivity index (χ0n) is 11.5. The van der Waals surface area contributed by atoms with E-state index >= 15 is 0 Å². The molecule has 21 heavy (non-hydrogen) atoms. The Balaban J connectivity index is 2.20. The van der Waals surface area contributed by atoms with Gasteiger partial charge in [0.05, 0.1) is 12.8 Å². The highest BCUT2D eigenvalue weighted by molar-refractivity contribution is 5.90. The van der Waals surface area contributed by atoms with Gasteiger partial charge in [0.25, 0.3) is 0 Å². The molecule has 2 amide bonds. The molecular formula is C13H17F3N2O3. The van der Waals surface area contributed by atoms with Gasteiger partial charge in [-0.25, -0.2) is 4.79 Å². The lowest BCUT2D eigenvalue weighted by Gasteiger charge is -2.11. The van der Waals surface area contributed by atoms with E-state index in [1.165, 1.54) is 7.11 Å². The summed E-state index contributed by atoms with van der Waals surface area (Å²) >= 11 is 0. The molecule has 0 bridgehead atoms. The highest BCUT2D eigenvalue weighted by Crippen LogP contribution is 2.22. The van der Waals surface area contributed by atoms with Gasteiger partial charge < -0.3 is 20.1 Å². The number of para-hydroxylation sites is 2. The fraction of sp³-hybridized carbons (Fsp3) is 0.462. The number of urea groups is 1. The van der Waals surface area contributed by atoms with Crippen LogP contribution < -0.4 is 15.4 Å². The molecule has 8 heteroatoms. The second-order valence-electron chi connectivity index (χ2n) is 4.10. The van der Waals surface area contributed by atoms with Crippen molar-refractivity contribution < 1.29 is 27.4 Å².